The van der Waals surface area contributed by atoms with Crippen molar-refractivity contribution in [1.29, 1.82) is 0 Å². The third-order valence-corrected chi connectivity index (χ3v) is 3.06. The summed E-state index contributed by atoms with van der Waals surface area (Å²) in [5, 5.41) is 3.49. The summed E-state index contributed by atoms with van der Waals surface area (Å²) in [6.45, 7) is 4.42. The third kappa shape index (κ3) is 2.92. The zero-order valence-electron chi connectivity index (χ0n) is 10.1. The van der Waals surface area contributed by atoms with Crippen molar-refractivity contribution in [2.75, 3.05) is 25.5 Å². The van der Waals surface area contributed by atoms with Crippen LogP contribution in [0.25, 0.3) is 0 Å². The number of likely N-dealkylation sites (N-methyl/N-ethyl adjacent to an activating group) is 1. The average Bonchev–Trinajstić information content (AvgIpc) is 2.29. The molecular weight excluding hydrogens is 200 g/mol. The van der Waals surface area contributed by atoms with Crippen LogP contribution in [-0.2, 0) is 6.42 Å². The Bertz CT molecular complexity index is 340. The molecule has 2 heterocycles. The number of hydrogen-bond donors (Lipinski definition) is 1. The van der Waals surface area contributed by atoms with Crippen molar-refractivity contribution >= 4 is 5.82 Å². The normalized spacial score (nSPS) is 22.0. The van der Waals surface area contributed by atoms with Gasteiger partial charge in [0.1, 0.15) is 12.1 Å². The molecule has 0 spiro atoms. The van der Waals surface area contributed by atoms with Gasteiger partial charge in [-0.2, -0.15) is 0 Å². The largest absolute Gasteiger partial charge is 0.366 e. The van der Waals surface area contributed by atoms with E-state index >= 15 is 0 Å². The second kappa shape index (κ2) is 5.25. The molecular formula is C12H20N4. The van der Waals surface area contributed by atoms with E-state index in [0.717, 1.165) is 24.5 Å². The van der Waals surface area contributed by atoms with Gasteiger partial charge in [-0.1, -0.05) is 6.92 Å². The van der Waals surface area contributed by atoms with Crippen molar-refractivity contribution in [3.63, 3.8) is 0 Å². The van der Waals surface area contributed by atoms with Gasteiger partial charge in [-0.25, -0.2) is 9.97 Å². The average molecular weight is 220 g/mol. The fourth-order valence-electron chi connectivity index (χ4n) is 2.16. The number of piperidine rings is 1. The number of aromatic nitrogens is 2. The van der Waals surface area contributed by atoms with Crippen molar-refractivity contribution in [3.05, 3.63) is 18.1 Å². The summed E-state index contributed by atoms with van der Waals surface area (Å²) in [6.07, 6.45) is 5.10. The van der Waals surface area contributed by atoms with E-state index in [0.29, 0.717) is 6.04 Å². The monoisotopic (exact) mass is 220 g/mol. The Morgan fingerprint density at radius 3 is 3.12 bits per heavy atom. The minimum atomic E-state index is 0.526. The molecule has 4 heteroatoms. The summed E-state index contributed by atoms with van der Waals surface area (Å²) in [6, 6.07) is 2.58. The predicted octanol–water partition coefficient (Wildman–Crippen LogP) is 1.55. The maximum absolute atomic E-state index is 4.27. The fourth-order valence-corrected chi connectivity index (χ4v) is 2.16. The molecule has 1 aliphatic rings. The molecule has 0 saturated carbocycles. The number of hydrogen-bond acceptors (Lipinski definition) is 4. The van der Waals surface area contributed by atoms with E-state index in [2.05, 4.69) is 40.2 Å². The number of aryl methyl sites for hydroxylation is 1. The standard InChI is InChI=1S/C12H20N4/c1-3-10-7-12(14-9-13-10)15-11-5-4-6-16(2)8-11/h7,9,11H,3-6,8H2,1-2H3,(H,13,14,15). The molecule has 1 atom stereocenters. The Morgan fingerprint density at radius 1 is 1.50 bits per heavy atom. The highest BCUT2D eigenvalue weighted by atomic mass is 15.2. The summed E-state index contributed by atoms with van der Waals surface area (Å²) >= 11 is 0. The van der Waals surface area contributed by atoms with Crippen LogP contribution in [0.3, 0.4) is 0 Å². The van der Waals surface area contributed by atoms with Gasteiger partial charge in [-0.15, -0.1) is 0 Å². The molecule has 1 aromatic rings. The van der Waals surface area contributed by atoms with Gasteiger partial charge in [0.15, 0.2) is 0 Å². The zero-order chi connectivity index (χ0) is 11.4. The Morgan fingerprint density at radius 2 is 2.38 bits per heavy atom. The Hall–Kier alpha value is -1.16. The van der Waals surface area contributed by atoms with Crippen LogP contribution in [0.4, 0.5) is 5.82 Å². The lowest BCUT2D eigenvalue weighted by Crippen LogP contribution is -2.39. The maximum atomic E-state index is 4.27. The number of anilines is 1. The van der Waals surface area contributed by atoms with Crippen LogP contribution in [0.2, 0.25) is 0 Å². The van der Waals surface area contributed by atoms with E-state index in [1.165, 1.54) is 19.4 Å². The van der Waals surface area contributed by atoms with Gasteiger partial charge >= 0.3 is 0 Å². The lowest BCUT2D eigenvalue weighted by Gasteiger charge is -2.30. The SMILES string of the molecule is CCc1cc(NC2CCCN(C)C2)ncn1. The Labute approximate surface area is 97.1 Å². The van der Waals surface area contributed by atoms with Gasteiger partial charge in [0, 0.05) is 24.3 Å². The number of nitrogens with one attached hydrogen (secondary N) is 1. The molecule has 0 bridgehead atoms. The van der Waals surface area contributed by atoms with Gasteiger partial charge in [-0.05, 0) is 32.9 Å². The Kier molecular flexibility index (Phi) is 3.72. The molecule has 88 valence electrons. The molecule has 1 aliphatic heterocycles. The molecule has 0 aromatic carbocycles. The molecule has 2 rings (SSSR count). The smallest absolute Gasteiger partial charge is 0.129 e. The van der Waals surface area contributed by atoms with E-state index in [-0.39, 0.29) is 0 Å². The highest BCUT2D eigenvalue weighted by Crippen LogP contribution is 2.13. The molecule has 16 heavy (non-hydrogen) atoms. The van der Waals surface area contributed by atoms with Crippen molar-refractivity contribution < 1.29 is 0 Å². The van der Waals surface area contributed by atoms with Crippen LogP contribution in [0.15, 0.2) is 12.4 Å². The van der Waals surface area contributed by atoms with Gasteiger partial charge in [-0.3, -0.25) is 0 Å². The molecule has 0 amide bonds. The minimum Gasteiger partial charge on any atom is -0.366 e. The van der Waals surface area contributed by atoms with E-state index in [1.54, 1.807) is 6.33 Å². The van der Waals surface area contributed by atoms with Crippen LogP contribution in [0.1, 0.15) is 25.5 Å². The van der Waals surface area contributed by atoms with E-state index in [9.17, 15) is 0 Å². The molecule has 0 radical (unpaired) electrons. The first-order valence-electron chi connectivity index (χ1n) is 6.04. The lowest BCUT2D eigenvalue weighted by atomic mass is 10.1. The maximum Gasteiger partial charge on any atom is 0.129 e. The number of likely N-dealkylation sites (tertiary alicyclic amines) is 1. The first kappa shape index (κ1) is 11.3. The van der Waals surface area contributed by atoms with Gasteiger partial charge in [0.25, 0.3) is 0 Å². The van der Waals surface area contributed by atoms with Crippen LogP contribution < -0.4 is 5.32 Å². The van der Waals surface area contributed by atoms with Crippen LogP contribution >= 0.6 is 0 Å². The molecule has 1 aromatic heterocycles. The van der Waals surface area contributed by atoms with E-state index < -0.39 is 0 Å². The lowest BCUT2D eigenvalue weighted by molar-refractivity contribution is 0.260. The van der Waals surface area contributed by atoms with Crippen molar-refractivity contribution in [2.24, 2.45) is 0 Å². The molecule has 1 N–H and O–H groups in total. The summed E-state index contributed by atoms with van der Waals surface area (Å²) < 4.78 is 0. The second-order valence-electron chi connectivity index (χ2n) is 4.49. The predicted molar refractivity (Wildman–Crippen MR) is 65.6 cm³/mol. The third-order valence-electron chi connectivity index (χ3n) is 3.06. The molecule has 1 fully saturated rings. The van der Waals surface area contributed by atoms with Gasteiger partial charge < -0.3 is 10.2 Å². The van der Waals surface area contributed by atoms with Crippen LogP contribution in [0, 0.1) is 0 Å². The number of nitrogens with zero attached hydrogens (tertiary/aromatic N) is 3. The van der Waals surface area contributed by atoms with Crippen LogP contribution in [0.5, 0.6) is 0 Å². The topological polar surface area (TPSA) is 41.0 Å². The van der Waals surface area contributed by atoms with Crippen molar-refractivity contribution in [3.8, 4) is 0 Å². The van der Waals surface area contributed by atoms with Gasteiger partial charge in [0.05, 0.1) is 0 Å². The van der Waals surface area contributed by atoms with E-state index in [4.69, 9.17) is 0 Å². The zero-order valence-corrected chi connectivity index (χ0v) is 10.1. The van der Waals surface area contributed by atoms with Crippen molar-refractivity contribution in [1.82, 2.24) is 14.9 Å². The van der Waals surface area contributed by atoms with Crippen molar-refractivity contribution in [2.45, 2.75) is 32.2 Å². The molecule has 0 aliphatic carbocycles. The van der Waals surface area contributed by atoms with Crippen LogP contribution in [-0.4, -0.2) is 41.0 Å². The first-order chi connectivity index (χ1) is 7.78. The summed E-state index contributed by atoms with van der Waals surface area (Å²) in [7, 11) is 2.17. The molecule has 4 nitrogen and oxygen atoms in total. The highest BCUT2D eigenvalue weighted by molar-refractivity contribution is 5.36. The molecule has 1 saturated heterocycles. The number of rotatable bonds is 3. The second-order valence-corrected chi connectivity index (χ2v) is 4.49. The summed E-state index contributed by atoms with van der Waals surface area (Å²) in [5.41, 5.74) is 1.10. The first-order valence-corrected chi connectivity index (χ1v) is 6.04. The quantitative estimate of drug-likeness (QED) is 0.839. The molecule has 1 unspecified atom stereocenters. The summed E-state index contributed by atoms with van der Waals surface area (Å²) in [4.78, 5) is 10.8. The fraction of sp³-hybridized carbons (Fsp3) is 0.667. The highest BCUT2D eigenvalue weighted by Gasteiger charge is 2.17. The Balaban J connectivity index is 1.97. The van der Waals surface area contributed by atoms with Gasteiger partial charge in [0.2, 0.25) is 0 Å². The van der Waals surface area contributed by atoms with E-state index in [1.807, 2.05) is 0 Å². The minimum absolute atomic E-state index is 0.526. The summed E-state index contributed by atoms with van der Waals surface area (Å²) in [5.74, 6) is 0.965.